The molecule has 0 saturated carbocycles. The lowest BCUT2D eigenvalue weighted by Crippen LogP contribution is -2.39. The summed E-state index contributed by atoms with van der Waals surface area (Å²) in [6, 6.07) is 0. The summed E-state index contributed by atoms with van der Waals surface area (Å²) < 4.78 is 5.84. The molecule has 0 aliphatic heterocycles. The van der Waals surface area contributed by atoms with Gasteiger partial charge in [-0.2, -0.15) is 0 Å². The molecule has 0 heterocycles. The monoisotopic (exact) mass is 185 g/mol. The summed E-state index contributed by atoms with van der Waals surface area (Å²) in [5, 5.41) is 0. The van der Waals surface area contributed by atoms with Gasteiger partial charge in [-0.15, -0.1) is 0 Å². The Hall–Kier alpha value is -0.370. The van der Waals surface area contributed by atoms with E-state index in [1.165, 1.54) is 0 Å². The molecule has 0 aromatic heterocycles. The van der Waals surface area contributed by atoms with E-state index in [9.17, 15) is 0 Å². The lowest BCUT2D eigenvalue weighted by Gasteiger charge is -2.32. The summed E-state index contributed by atoms with van der Waals surface area (Å²) >= 11 is 0. The normalized spacial score (nSPS) is 17.2. The second-order valence-corrected chi connectivity index (χ2v) is 3.34. The standard InChI is InChI=1S/C11H23NO/c1-6-9-11(7-2,13-8-3)10(4)12-5/h6-9H2,1-5H3. The minimum absolute atomic E-state index is 0.0990. The van der Waals surface area contributed by atoms with Crippen LogP contribution in [0.4, 0.5) is 0 Å². The first-order valence-corrected chi connectivity index (χ1v) is 5.24. The second kappa shape index (κ2) is 6.14. The summed E-state index contributed by atoms with van der Waals surface area (Å²) in [7, 11) is 1.84. The van der Waals surface area contributed by atoms with Gasteiger partial charge in [0.25, 0.3) is 0 Å². The maximum Gasteiger partial charge on any atom is 0.105 e. The predicted molar refractivity (Wildman–Crippen MR) is 58.6 cm³/mol. The molecule has 0 N–H and O–H groups in total. The first kappa shape index (κ1) is 12.6. The zero-order valence-electron chi connectivity index (χ0n) is 9.68. The molecule has 0 aliphatic carbocycles. The zero-order valence-corrected chi connectivity index (χ0v) is 9.68. The molecule has 0 bridgehead atoms. The van der Waals surface area contributed by atoms with Crippen LogP contribution in [0.25, 0.3) is 0 Å². The van der Waals surface area contributed by atoms with Gasteiger partial charge in [0.1, 0.15) is 5.60 Å². The molecule has 78 valence electrons. The molecule has 0 aromatic rings. The van der Waals surface area contributed by atoms with Gasteiger partial charge in [-0.25, -0.2) is 0 Å². The van der Waals surface area contributed by atoms with Crippen molar-refractivity contribution in [1.82, 2.24) is 0 Å². The molecule has 0 radical (unpaired) electrons. The van der Waals surface area contributed by atoms with Crippen molar-refractivity contribution >= 4 is 5.71 Å². The molecule has 1 unspecified atom stereocenters. The fourth-order valence-corrected chi connectivity index (χ4v) is 1.78. The van der Waals surface area contributed by atoms with Crippen molar-refractivity contribution in [3.63, 3.8) is 0 Å². The zero-order chi connectivity index (χ0) is 10.3. The van der Waals surface area contributed by atoms with Crippen molar-refractivity contribution in [3.05, 3.63) is 0 Å². The predicted octanol–water partition coefficient (Wildman–Crippen LogP) is 3.06. The molecular weight excluding hydrogens is 162 g/mol. The van der Waals surface area contributed by atoms with Crippen LogP contribution in [0.3, 0.4) is 0 Å². The van der Waals surface area contributed by atoms with Gasteiger partial charge in [-0.1, -0.05) is 20.3 Å². The highest BCUT2D eigenvalue weighted by molar-refractivity contribution is 5.90. The first-order valence-electron chi connectivity index (χ1n) is 5.24. The number of hydrogen-bond donors (Lipinski definition) is 0. The smallest absolute Gasteiger partial charge is 0.105 e. The van der Waals surface area contributed by atoms with Gasteiger partial charge >= 0.3 is 0 Å². The van der Waals surface area contributed by atoms with E-state index in [0.29, 0.717) is 0 Å². The van der Waals surface area contributed by atoms with Crippen molar-refractivity contribution in [2.45, 2.75) is 52.6 Å². The summed E-state index contributed by atoms with van der Waals surface area (Å²) in [6.07, 6.45) is 3.22. The van der Waals surface area contributed by atoms with Crippen molar-refractivity contribution < 1.29 is 4.74 Å². The van der Waals surface area contributed by atoms with E-state index in [-0.39, 0.29) is 5.60 Å². The van der Waals surface area contributed by atoms with Crippen LogP contribution in [0.15, 0.2) is 4.99 Å². The van der Waals surface area contributed by atoms with Crippen LogP contribution in [-0.4, -0.2) is 25.0 Å². The van der Waals surface area contributed by atoms with E-state index in [1.807, 2.05) is 14.0 Å². The number of rotatable bonds is 6. The van der Waals surface area contributed by atoms with Crippen molar-refractivity contribution in [2.75, 3.05) is 13.7 Å². The van der Waals surface area contributed by atoms with Gasteiger partial charge in [0.15, 0.2) is 0 Å². The van der Waals surface area contributed by atoms with Crippen LogP contribution in [0.5, 0.6) is 0 Å². The number of aliphatic imine (C=N–C) groups is 1. The summed E-state index contributed by atoms with van der Waals surface area (Å²) in [5.74, 6) is 0. The van der Waals surface area contributed by atoms with Gasteiger partial charge in [-0.3, -0.25) is 4.99 Å². The first-order chi connectivity index (χ1) is 6.16. The fraction of sp³-hybridized carbons (Fsp3) is 0.909. The van der Waals surface area contributed by atoms with Crippen LogP contribution in [-0.2, 0) is 4.74 Å². The molecule has 0 rings (SSSR count). The Morgan fingerprint density at radius 3 is 2.23 bits per heavy atom. The van der Waals surface area contributed by atoms with Gasteiger partial charge in [0, 0.05) is 19.4 Å². The third-order valence-electron chi connectivity index (χ3n) is 2.64. The highest BCUT2D eigenvalue weighted by atomic mass is 16.5. The van der Waals surface area contributed by atoms with Crippen LogP contribution in [0, 0.1) is 0 Å². The van der Waals surface area contributed by atoms with Crippen LogP contribution in [0.1, 0.15) is 47.0 Å². The number of hydrogen-bond acceptors (Lipinski definition) is 2. The lowest BCUT2D eigenvalue weighted by molar-refractivity contribution is 0.00518. The Bertz CT molecular complexity index is 157. The maximum absolute atomic E-state index is 5.84. The fourth-order valence-electron chi connectivity index (χ4n) is 1.78. The van der Waals surface area contributed by atoms with Crippen molar-refractivity contribution in [3.8, 4) is 0 Å². The number of ether oxygens (including phenoxy) is 1. The minimum Gasteiger partial charge on any atom is -0.369 e. The van der Waals surface area contributed by atoms with Gasteiger partial charge in [0.05, 0.1) is 0 Å². The van der Waals surface area contributed by atoms with Gasteiger partial charge in [0.2, 0.25) is 0 Å². The second-order valence-electron chi connectivity index (χ2n) is 3.34. The molecule has 0 fully saturated rings. The van der Waals surface area contributed by atoms with E-state index >= 15 is 0 Å². The topological polar surface area (TPSA) is 21.6 Å². The molecule has 0 spiro atoms. The molecular formula is C11H23NO. The quantitative estimate of drug-likeness (QED) is 0.583. The van der Waals surface area contributed by atoms with E-state index < -0.39 is 0 Å². The Balaban J connectivity index is 4.63. The van der Waals surface area contributed by atoms with E-state index in [0.717, 1.165) is 31.6 Å². The number of nitrogens with zero attached hydrogens (tertiary/aromatic N) is 1. The summed E-state index contributed by atoms with van der Waals surface area (Å²) in [6.45, 7) is 9.23. The maximum atomic E-state index is 5.84. The highest BCUT2D eigenvalue weighted by Crippen LogP contribution is 2.24. The van der Waals surface area contributed by atoms with Gasteiger partial charge < -0.3 is 4.74 Å². The SMILES string of the molecule is CCCC(CC)(OCC)C(C)=NC. The van der Waals surface area contributed by atoms with E-state index in [4.69, 9.17) is 4.74 Å². The van der Waals surface area contributed by atoms with Crippen molar-refractivity contribution in [2.24, 2.45) is 4.99 Å². The van der Waals surface area contributed by atoms with E-state index in [1.54, 1.807) is 0 Å². The molecule has 0 saturated heterocycles. The summed E-state index contributed by atoms with van der Waals surface area (Å²) in [4.78, 5) is 4.26. The third-order valence-corrected chi connectivity index (χ3v) is 2.64. The van der Waals surface area contributed by atoms with Gasteiger partial charge in [-0.05, 0) is 26.7 Å². The Kier molecular flexibility index (Phi) is 5.97. The minimum atomic E-state index is -0.0990. The average Bonchev–Trinajstić information content (AvgIpc) is 2.16. The van der Waals surface area contributed by atoms with E-state index in [2.05, 4.69) is 25.8 Å². The highest BCUT2D eigenvalue weighted by Gasteiger charge is 2.30. The average molecular weight is 185 g/mol. The Morgan fingerprint density at radius 2 is 1.92 bits per heavy atom. The molecule has 0 aliphatic rings. The lowest BCUT2D eigenvalue weighted by atomic mass is 9.90. The van der Waals surface area contributed by atoms with Crippen molar-refractivity contribution in [1.29, 1.82) is 0 Å². The molecule has 2 heteroatoms. The van der Waals surface area contributed by atoms with Crippen LogP contribution in [0.2, 0.25) is 0 Å². The Morgan fingerprint density at radius 1 is 1.31 bits per heavy atom. The largest absolute Gasteiger partial charge is 0.369 e. The third kappa shape index (κ3) is 3.11. The van der Waals surface area contributed by atoms with Crippen LogP contribution < -0.4 is 0 Å². The molecule has 0 amide bonds. The Labute approximate surface area is 82.4 Å². The summed E-state index contributed by atoms with van der Waals surface area (Å²) in [5.41, 5.74) is 1.02. The molecule has 2 nitrogen and oxygen atoms in total. The van der Waals surface area contributed by atoms with Crippen LogP contribution >= 0.6 is 0 Å². The molecule has 0 aromatic carbocycles. The molecule has 1 atom stereocenters. The molecule has 13 heavy (non-hydrogen) atoms.